The number of piperazine rings is 1. The lowest BCUT2D eigenvalue weighted by Gasteiger charge is -2.36. The molecule has 1 aliphatic carbocycles. The van der Waals surface area contributed by atoms with Crippen LogP contribution in [0.2, 0.25) is 0 Å². The number of anilines is 1. The van der Waals surface area contributed by atoms with E-state index in [0.29, 0.717) is 17.2 Å². The molecule has 1 aromatic carbocycles. The minimum atomic E-state index is -0.498. The van der Waals surface area contributed by atoms with E-state index in [1.165, 1.54) is 31.5 Å². The first-order valence-corrected chi connectivity index (χ1v) is 10.8. The van der Waals surface area contributed by atoms with Gasteiger partial charge in [0, 0.05) is 32.2 Å². The number of rotatable bonds is 8. The Balaban J connectivity index is 1.47. The highest BCUT2D eigenvalue weighted by molar-refractivity contribution is 5.84. The van der Waals surface area contributed by atoms with E-state index in [1.807, 2.05) is 4.57 Å². The summed E-state index contributed by atoms with van der Waals surface area (Å²) < 4.78 is 16.8. The van der Waals surface area contributed by atoms with Crippen molar-refractivity contribution in [3.63, 3.8) is 0 Å². The predicted molar refractivity (Wildman–Crippen MR) is 114 cm³/mol. The summed E-state index contributed by atoms with van der Waals surface area (Å²) in [7, 11) is 0. The van der Waals surface area contributed by atoms with Crippen LogP contribution in [0, 0.1) is 5.82 Å². The summed E-state index contributed by atoms with van der Waals surface area (Å²) in [5.41, 5.74) is 6.31. The number of benzene rings is 1. The SMILES string of the molecule is NCCCCCCN1CCN(c2cc3c(cc2F)c(=O)c(O)cn3C2CC2)CC1. The molecule has 4 rings (SSSR count). The highest BCUT2D eigenvalue weighted by atomic mass is 19.1. The average Bonchev–Trinajstić information content (AvgIpc) is 3.56. The van der Waals surface area contributed by atoms with Crippen molar-refractivity contribution in [1.29, 1.82) is 0 Å². The van der Waals surface area contributed by atoms with E-state index >= 15 is 0 Å². The number of hydrogen-bond donors (Lipinski definition) is 2. The van der Waals surface area contributed by atoms with E-state index in [-0.39, 0.29) is 11.1 Å². The molecule has 1 saturated carbocycles. The highest BCUT2D eigenvalue weighted by Gasteiger charge is 2.27. The van der Waals surface area contributed by atoms with Crippen LogP contribution in [0.15, 0.2) is 23.1 Å². The van der Waals surface area contributed by atoms with Crippen molar-refractivity contribution in [3.8, 4) is 5.75 Å². The van der Waals surface area contributed by atoms with E-state index in [1.54, 1.807) is 6.07 Å². The van der Waals surface area contributed by atoms with Gasteiger partial charge in [-0.2, -0.15) is 0 Å². The number of halogens is 1. The van der Waals surface area contributed by atoms with Crippen LogP contribution in [0.4, 0.5) is 10.1 Å². The number of aromatic nitrogens is 1. The monoisotopic (exact) mass is 402 g/mol. The molecule has 1 aromatic heterocycles. The number of hydrogen-bond acceptors (Lipinski definition) is 5. The van der Waals surface area contributed by atoms with E-state index < -0.39 is 11.2 Å². The van der Waals surface area contributed by atoms with Gasteiger partial charge in [-0.25, -0.2) is 4.39 Å². The summed E-state index contributed by atoms with van der Waals surface area (Å²) >= 11 is 0. The Bertz CT molecular complexity index is 917. The van der Waals surface area contributed by atoms with Gasteiger partial charge in [0.1, 0.15) is 5.82 Å². The van der Waals surface area contributed by atoms with Crippen LogP contribution in [0.5, 0.6) is 5.75 Å². The summed E-state index contributed by atoms with van der Waals surface area (Å²) in [4.78, 5) is 16.8. The zero-order valence-corrected chi connectivity index (χ0v) is 16.9. The number of pyridine rings is 1. The van der Waals surface area contributed by atoms with Crippen molar-refractivity contribution in [1.82, 2.24) is 9.47 Å². The Hall–Kier alpha value is -2.12. The number of nitrogens with zero attached hydrogens (tertiary/aromatic N) is 3. The van der Waals surface area contributed by atoms with Crippen molar-refractivity contribution >= 4 is 16.6 Å². The fourth-order valence-corrected chi connectivity index (χ4v) is 4.29. The third kappa shape index (κ3) is 4.41. The Morgan fingerprint density at radius 1 is 1.07 bits per heavy atom. The topological polar surface area (TPSA) is 74.7 Å². The van der Waals surface area contributed by atoms with Gasteiger partial charge in [0.2, 0.25) is 5.43 Å². The Morgan fingerprint density at radius 2 is 1.79 bits per heavy atom. The molecule has 0 atom stereocenters. The second-order valence-electron chi connectivity index (χ2n) is 8.33. The maximum absolute atomic E-state index is 14.9. The van der Waals surface area contributed by atoms with Crippen molar-refractivity contribution in [2.45, 2.75) is 44.6 Å². The normalized spacial score (nSPS) is 17.9. The van der Waals surface area contributed by atoms with Crippen LogP contribution < -0.4 is 16.1 Å². The van der Waals surface area contributed by atoms with Gasteiger partial charge >= 0.3 is 0 Å². The van der Waals surface area contributed by atoms with Crippen LogP contribution in [0.3, 0.4) is 0 Å². The first-order valence-electron chi connectivity index (χ1n) is 10.8. The zero-order valence-electron chi connectivity index (χ0n) is 16.9. The van der Waals surface area contributed by atoms with Crippen molar-refractivity contribution in [2.24, 2.45) is 5.73 Å². The molecule has 29 heavy (non-hydrogen) atoms. The lowest BCUT2D eigenvalue weighted by Crippen LogP contribution is -2.47. The van der Waals surface area contributed by atoms with Crippen LogP contribution in [0.25, 0.3) is 10.9 Å². The van der Waals surface area contributed by atoms with Crippen molar-refractivity contribution in [2.75, 3.05) is 44.2 Å². The average molecular weight is 403 g/mol. The van der Waals surface area contributed by atoms with Crippen molar-refractivity contribution < 1.29 is 9.50 Å². The minimum Gasteiger partial charge on any atom is -0.503 e. The predicted octanol–water partition coefficient (Wildman–Crippen LogP) is 2.82. The summed E-state index contributed by atoms with van der Waals surface area (Å²) in [6.45, 7) is 5.23. The number of aromatic hydroxyl groups is 1. The van der Waals surface area contributed by atoms with Crippen LogP contribution >= 0.6 is 0 Å². The Morgan fingerprint density at radius 3 is 2.48 bits per heavy atom. The molecule has 0 bridgehead atoms. The maximum atomic E-state index is 14.9. The second kappa shape index (κ2) is 8.71. The largest absolute Gasteiger partial charge is 0.503 e. The number of unbranched alkanes of at least 4 members (excludes halogenated alkanes) is 3. The molecule has 3 N–H and O–H groups in total. The van der Waals surface area contributed by atoms with Gasteiger partial charge in [-0.1, -0.05) is 12.8 Å². The van der Waals surface area contributed by atoms with E-state index in [0.717, 1.165) is 58.5 Å². The van der Waals surface area contributed by atoms with Gasteiger partial charge in [-0.3, -0.25) is 9.69 Å². The molecule has 0 spiro atoms. The van der Waals surface area contributed by atoms with Gasteiger partial charge in [-0.15, -0.1) is 0 Å². The summed E-state index contributed by atoms with van der Waals surface area (Å²) in [6, 6.07) is 3.39. The molecule has 2 aromatic rings. The maximum Gasteiger partial charge on any atom is 0.231 e. The quantitative estimate of drug-likeness (QED) is 0.664. The third-order valence-corrected chi connectivity index (χ3v) is 6.16. The molecular formula is C22H31FN4O2. The molecule has 158 valence electrons. The standard InChI is InChI=1S/C22H31FN4O2/c23-18-13-17-19(27(16-5-6-16)15-21(28)22(17)29)14-20(18)26-11-9-25(10-12-26)8-4-2-1-3-7-24/h13-16,28H,1-12,24H2. The van der Waals surface area contributed by atoms with Gasteiger partial charge in [-0.05, 0) is 50.9 Å². The van der Waals surface area contributed by atoms with Crippen LogP contribution in [0.1, 0.15) is 44.6 Å². The van der Waals surface area contributed by atoms with Gasteiger partial charge < -0.3 is 20.3 Å². The molecule has 1 saturated heterocycles. The highest BCUT2D eigenvalue weighted by Crippen LogP contribution is 2.38. The minimum absolute atomic E-state index is 0.259. The number of nitrogens with two attached hydrogens (primary N) is 1. The van der Waals surface area contributed by atoms with Gasteiger partial charge in [0.05, 0.1) is 22.8 Å². The lowest BCUT2D eigenvalue weighted by atomic mass is 10.1. The second-order valence-corrected chi connectivity index (χ2v) is 8.33. The Labute approximate surface area is 170 Å². The van der Waals surface area contributed by atoms with E-state index in [2.05, 4.69) is 9.80 Å². The number of fused-ring (bicyclic) bond motifs is 1. The summed E-state index contributed by atoms with van der Waals surface area (Å²) in [6.07, 6.45) is 8.23. The molecule has 7 heteroatoms. The van der Waals surface area contributed by atoms with Crippen LogP contribution in [-0.4, -0.2) is 53.8 Å². The lowest BCUT2D eigenvalue weighted by molar-refractivity contribution is 0.251. The molecule has 0 amide bonds. The fourth-order valence-electron chi connectivity index (χ4n) is 4.29. The van der Waals surface area contributed by atoms with E-state index in [4.69, 9.17) is 5.73 Å². The summed E-state index contributed by atoms with van der Waals surface area (Å²) in [5, 5.41) is 10.2. The molecule has 0 radical (unpaired) electrons. The molecular weight excluding hydrogens is 371 g/mol. The first-order chi connectivity index (χ1) is 14.1. The van der Waals surface area contributed by atoms with Gasteiger partial charge in [0.15, 0.2) is 5.75 Å². The molecule has 0 unspecified atom stereocenters. The fraction of sp³-hybridized carbons (Fsp3) is 0.591. The molecule has 2 heterocycles. The zero-order chi connectivity index (χ0) is 20.4. The third-order valence-electron chi connectivity index (χ3n) is 6.16. The molecule has 2 aliphatic rings. The smallest absolute Gasteiger partial charge is 0.231 e. The van der Waals surface area contributed by atoms with E-state index in [9.17, 15) is 14.3 Å². The summed E-state index contributed by atoms with van der Waals surface area (Å²) in [5.74, 6) is -0.700. The molecule has 1 aliphatic heterocycles. The van der Waals surface area contributed by atoms with Crippen molar-refractivity contribution in [3.05, 3.63) is 34.4 Å². The first kappa shape index (κ1) is 20.2. The molecule has 6 nitrogen and oxygen atoms in total. The van der Waals surface area contributed by atoms with Gasteiger partial charge in [0.25, 0.3) is 0 Å². The van der Waals surface area contributed by atoms with Crippen LogP contribution in [-0.2, 0) is 0 Å². The Kier molecular flexibility index (Phi) is 6.06. The molecule has 2 fully saturated rings.